The number of hydrogen-bond donors (Lipinski definition) is 2. The van der Waals surface area contributed by atoms with Crippen molar-refractivity contribution in [2.24, 2.45) is 7.05 Å². The van der Waals surface area contributed by atoms with Crippen LogP contribution in [0.25, 0.3) is 22.6 Å². The number of aromatic amines is 1. The fourth-order valence-electron chi connectivity index (χ4n) is 2.27. The molecule has 0 amide bonds. The maximum Gasteiger partial charge on any atom is 0.180 e. The summed E-state index contributed by atoms with van der Waals surface area (Å²) >= 11 is 0. The minimum Gasteiger partial charge on any atom is -0.373 e. The first kappa shape index (κ1) is 11.7. The zero-order valence-corrected chi connectivity index (χ0v) is 11.4. The lowest BCUT2D eigenvalue weighted by Crippen LogP contribution is -1.93. The lowest BCUT2D eigenvalue weighted by atomic mass is 10.2. The molecule has 0 spiro atoms. The van der Waals surface area contributed by atoms with Gasteiger partial charge in [0.2, 0.25) is 0 Å². The van der Waals surface area contributed by atoms with Gasteiger partial charge in [-0.2, -0.15) is 5.10 Å². The first-order valence-corrected chi connectivity index (χ1v) is 6.15. The van der Waals surface area contributed by atoms with Gasteiger partial charge >= 0.3 is 0 Å². The fraction of sp³-hybridized carbons (Fsp3) is 0.308. The van der Waals surface area contributed by atoms with Crippen molar-refractivity contribution in [2.75, 3.05) is 12.4 Å². The van der Waals surface area contributed by atoms with Gasteiger partial charge in [0, 0.05) is 19.8 Å². The van der Waals surface area contributed by atoms with Crippen molar-refractivity contribution in [1.29, 1.82) is 0 Å². The molecule has 3 rings (SSSR count). The Balaban J connectivity index is 2.20. The van der Waals surface area contributed by atoms with E-state index in [2.05, 4.69) is 25.4 Å². The highest BCUT2D eigenvalue weighted by molar-refractivity contribution is 5.78. The van der Waals surface area contributed by atoms with Crippen molar-refractivity contribution in [3.8, 4) is 11.4 Å². The Bertz CT molecular complexity index is 752. The molecule has 0 saturated heterocycles. The summed E-state index contributed by atoms with van der Waals surface area (Å²) in [5.74, 6) is 1.63. The summed E-state index contributed by atoms with van der Waals surface area (Å²) in [5.41, 5.74) is 4.74. The topological polar surface area (TPSA) is 71.4 Å². The van der Waals surface area contributed by atoms with E-state index in [-0.39, 0.29) is 0 Å². The predicted molar refractivity (Wildman–Crippen MR) is 75.1 cm³/mol. The van der Waals surface area contributed by atoms with Crippen molar-refractivity contribution in [3.05, 3.63) is 23.5 Å². The van der Waals surface area contributed by atoms with Crippen molar-refractivity contribution in [3.63, 3.8) is 0 Å². The molecule has 0 bridgehead atoms. The third-order valence-corrected chi connectivity index (χ3v) is 3.35. The Kier molecular flexibility index (Phi) is 2.51. The summed E-state index contributed by atoms with van der Waals surface area (Å²) in [5, 5.41) is 7.43. The molecule has 0 saturated carbocycles. The number of rotatable bonds is 2. The van der Waals surface area contributed by atoms with Gasteiger partial charge in [-0.3, -0.25) is 4.68 Å². The molecule has 3 aromatic rings. The molecule has 3 aromatic heterocycles. The molecule has 19 heavy (non-hydrogen) atoms. The predicted octanol–water partition coefficient (Wildman–Crippen LogP) is 2.02. The number of imidazole rings is 1. The summed E-state index contributed by atoms with van der Waals surface area (Å²) in [7, 11) is 3.78. The minimum atomic E-state index is 0.713. The summed E-state index contributed by atoms with van der Waals surface area (Å²) in [6.07, 6.45) is 0. The second-order valence-corrected chi connectivity index (χ2v) is 4.57. The Morgan fingerprint density at radius 3 is 2.63 bits per heavy atom. The van der Waals surface area contributed by atoms with E-state index in [1.165, 1.54) is 0 Å². The second-order valence-electron chi connectivity index (χ2n) is 4.57. The van der Waals surface area contributed by atoms with E-state index in [9.17, 15) is 0 Å². The number of aryl methyl sites for hydroxylation is 2. The molecule has 0 atom stereocenters. The molecule has 0 unspecified atom stereocenters. The van der Waals surface area contributed by atoms with Gasteiger partial charge in [-0.05, 0) is 26.0 Å². The van der Waals surface area contributed by atoms with Crippen LogP contribution in [-0.4, -0.2) is 31.8 Å². The van der Waals surface area contributed by atoms with E-state index >= 15 is 0 Å². The second kappa shape index (κ2) is 4.08. The van der Waals surface area contributed by atoms with E-state index in [1.807, 2.05) is 44.8 Å². The summed E-state index contributed by atoms with van der Waals surface area (Å²) < 4.78 is 1.87. The highest BCUT2D eigenvalue weighted by Crippen LogP contribution is 2.26. The van der Waals surface area contributed by atoms with Crippen LogP contribution >= 0.6 is 0 Å². The van der Waals surface area contributed by atoms with Crippen LogP contribution in [0.2, 0.25) is 0 Å². The normalized spacial score (nSPS) is 11.2. The SMILES string of the molecule is CNc1ccc2[nH]c(-c3c(C)nn(C)c3C)nc2n1. The number of anilines is 1. The third kappa shape index (κ3) is 1.76. The molecule has 0 radical (unpaired) electrons. The Morgan fingerprint density at radius 1 is 1.21 bits per heavy atom. The first-order valence-electron chi connectivity index (χ1n) is 6.15. The molecular weight excluding hydrogens is 240 g/mol. The number of hydrogen-bond acceptors (Lipinski definition) is 4. The molecule has 0 aliphatic carbocycles. The third-order valence-electron chi connectivity index (χ3n) is 3.35. The van der Waals surface area contributed by atoms with Crippen LogP contribution in [0.1, 0.15) is 11.4 Å². The number of nitrogens with zero attached hydrogens (tertiary/aromatic N) is 4. The highest BCUT2D eigenvalue weighted by Gasteiger charge is 2.15. The van der Waals surface area contributed by atoms with Crippen LogP contribution in [0.3, 0.4) is 0 Å². The van der Waals surface area contributed by atoms with E-state index in [4.69, 9.17) is 0 Å². The standard InChI is InChI=1S/C13H16N6/c1-7-11(8(2)19(4)18-7)13-15-9-5-6-10(14-3)16-12(9)17-13/h5-6H,1-4H3,(H2,14,15,16,17). The van der Waals surface area contributed by atoms with Crippen LogP contribution < -0.4 is 5.32 Å². The van der Waals surface area contributed by atoms with E-state index < -0.39 is 0 Å². The van der Waals surface area contributed by atoms with Crippen LogP contribution in [0, 0.1) is 13.8 Å². The van der Waals surface area contributed by atoms with Crippen LogP contribution in [0.4, 0.5) is 5.82 Å². The Morgan fingerprint density at radius 2 is 2.00 bits per heavy atom. The minimum absolute atomic E-state index is 0.713. The summed E-state index contributed by atoms with van der Waals surface area (Å²) in [6, 6.07) is 3.90. The number of pyridine rings is 1. The van der Waals surface area contributed by atoms with Gasteiger partial charge in [-0.25, -0.2) is 9.97 Å². The number of aromatic nitrogens is 5. The Hall–Kier alpha value is -2.37. The molecule has 98 valence electrons. The maximum atomic E-state index is 4.57. The van der Waals surface area contributed by atoms with Crippen LogP contribution in [0.5, 0.6) is 0 Å². The first-order chi connectivity index (χ1) is 9.10. The lowest BCUT2D eigenvalue weighted by Gasteiger charge is -1.96. The maximum absolute atomic E-state index is 4.57. The van der Waals surface area contributed by atoms with Crippen LogP contribution in [0.15, 0.2) is 12.1 Å². The van der Waals surface area contributed by atoms with Crippen molar-refractivity contribution >= 4 is 17.0 Å². The smallest absolute Gasteiger partial charge is 0.180 e. The quantitative estimate of drug-likeness (QED) is 0.735. The molecular formula is C13H16N6. The number of fused-ring (bicyclic) bond motifs is 1. The zero-order valence-electron chi connectivity index (χ0n) is 11.4. The van der Waals surface area contributed by atoms with Gasteiger partial charge in [0.15, 0.2) is 5.65 Å². The summed E-state index contributed by atoms with van der Waals surface area (Å²) in [6.45, 7) is 4.02. The van der Waals surface area contributed by atoms with Gasteiger partial charge in [0.05, 0.1) is 16.8 Å². The molecule has 6 heteroatoms. The molecule has 6 nitrogen and oxygen atoms in total. The van der Waals surface area contributed by atoms with Gasteiger partial charge in [0.1, 0.15) is 11.6 Å². The zero-order chi connectivity index (χ0) is 13.6. The van der Waals surface area contributed by atoms with Crippen molar-refractivity contribution < 1.29 is 0 Å². The highest BCUT2D eigenvalue weighted by atomic mass is 15.3. The van der Waals surface area contributed by atoms with Gasteiger partial charge < -0.3 is 10.3 Å². The Labute approximate surface area is 110 Å². The summed E-state index contributed by atoms with van der Waals surface area (Å²) in [4.78, 5) is 12.3. The van der Waals surface area contributed by atoms with Gasteiger partial charge in [-0.1, -0.05) is 0 Å². The lowest BCUT2D eigenvalue weighted by molar-refractivity contribution is 0.731. The molecule has 2 N–H and O–H groups in total. The number of nitrogens with one attached hydrogen (secondary N) is 2. The fourth-order valence-corrected chi connectivity index (χ4v) is 2.27. The average Bonchev–Trinajstić information content (AvgIpc) is 2.90. The van der Waals surface area contributed by atoms with E-state index in [0.29, 0.717) is 5.65 Å². The molecule has 0 aliphatic heterocycles. The average molecular weight is 256 g/mol. The van der Waals surface area contributed by atoms with Crippen molar-refractivity contribution in [2.45, 2.75) is 13.8 Å². The molecule has 0 fully saturated rings. The van der Waals surface area contributed by atoms with E-state index in [0.717, 1.165) is 34.1 Å². The monoisotopic (exact) mass is 256 g/mol. The van der Waals surface area contributed by atoms with Crippen LogP contribution in [-0.2, 0) is 7.05 Å². The molecule has 3 heterocycles. The van der Waals surface area contributed by atoms with E-state index in [1.54, 1.807) is 0 Å². The molecule has 0 aromatic carbocycles. The van der Waals surface area contributed by atoms with Gasteiger partial charge in [0.25, 0.3) is 0 Å². The number of H-pyrrole nitrogens is 1. The van der Waals surface area contributed by atoms with Crippen molar-refractivity contribution in [1.82, 2.24) is 24.7 Å². The largest absolute Gasteiger partial charge is 0.373 e. The molecule has 0 aliphatic rings. The van der Waals surface area contributed by atoms with Gasteiger partial charge in [-0.15, -0.1) is 0 Å².